The molecule has 0 aliphatic carbocycles. The Hall–Kier alpha value is -3.44. The molecule has 3 rings (SSSR count). The van der Waals surface area contributed by atoms with Crippen LogP contribution >= 0.6 is 11.6 Å². The van der Waals surface area contributed by atoms with Crippen molar-refractivity contribution in [2.45, 2.75) is 0 Å². The zero-order valence-electron chi connectivity index (χ0n) is 14.2. The Labute approximate surface area is 161 Å². The van der Waals surface area contributed by atoms with Gasteiger partial charge in [-0.2, -0.15) is 0 Å². The molecule has 6 heteroatoms. The Morgan fingerprint density at radius 2 is 1.67 bits per heavy atom. The number of carbonyl (C=O) groups is 2. The van der Waals surface area contributed by atoms with Crippen LogP contribution in [0.2, 0.25) is 5.02 Å². The Morgan fingerprint density at radius 1 is 0.926 bits per heavy atom. The average Bonchev–Trinajstić information content (AvgIpc) is 2.68. The summed E-state index contributed by atoms with van der Waals surface area (Å²) in [7, 11) is 0. The molecule has 0 spiro atoms. The molecule has 2 amide bonds. The van der Waals surface area contributed by atoms with Gasteiger partial charge >= 0.3 is 0 Å². The quantitative estimate of drug-likeness (QED) is 0.636. The lowest BCUT2D eigenvalue weighted by Gasteiger charge is -2.08. The van der Waals surface area contributed by atoms with Gasteiger partial charge in [0.2, 0.25) is 5.91 Å². The van der Waals surface area contributed by atoms with E-state index in [1.165, 1.54) is 12.3 Å². The molecule has 0 aliphatic rings. The monoisotopic (exact) mass is 377 g/mol. The van der Waals surface area contributed by atoms with Gasteiger partial charge in [0.1, 0.15) is 0 Å². The molecule has 2 N–H and O–H groups in total. The van der Waals surface area contributed by atoms with Gasteiger partial charge in [0.05, 0.1) is 5.56 Å². The maximum atomic E-state index is 12.2. The maximum Gasteiger partial charge on any atom is 0.257 e. The van der Waals surface area contributed by atoms with E-state index in [1.807, 2.05) is 12.1 Å². The first kappa shape index (κ1) is 18.4. The first-order valence-corrected chi connectivity index (χ1v) is 8.54. The predicted octanol–water partition coefficient (Wildman–Crippen LogP) is 4.64. The first-order chi connectivity index (χ1) is 13.1. The van der Waals surface area contributed by atoms with Crippen molar-refractivity contribution in [2.24, 2.45) is 0 Å². The fourth-order valence-electron chi connectivity index (χ4n) is 2.30. The van der Waals surface area contributed by atoms with Gasteiger partial charge in [-0.3, -0.25) is 14.6 Å². The van der Waals surface area contributed by atoms with E-state index >= 15 is 0 Å². The van der Waals surface area contributed by atoms with Gasteiger partial charge in [-0.25, -0.2) is 0 Å². The number of nitrogens with zero attached hydrogens (tertiary/aromatic N) is 1. The summed E-state index contributed by atoms with van der Waals surface area (Å²) in [6, 6.07) is 17.4. The largest absolute Gasteiger partial charge is 0.322 e. The summed E-state index contributed by atoms with van der Waals surface area (Å²) < 4.78 is 0. The van der Waals surface area contributed by atoms with E-state index in [4.69, 9.17) is 11.6 Å². The van der Waals surface area contributed by atoms with E-state index in [0.717, 1.165) is 5.56 Å². The second-order valence-corrected chi connectivity index (χ2v) is 6.09. The highest BCUT2D eigenvalue weighted by molar-refractivity contribution is 6.30. The summed E-state index contributed by atoms with van der Waals surface area (Å²) in [6.07, 6.45) is 6.22. The van der Waals surface area contributed by atoms with Gasteiger partial charge < -0.3 is 10.6 Å². The Morgan fingerprint density at radius 3 is 2.37 bits per heavy atom. The maximum absolute atomic E-state index is 12.2. The van der Waals surface area contributed by atoms with Crippen LogP contribution in [-0.2, 0) is 4.79 Å². The van der Waals surface area contributed by atoms with Crippen LogP contribution in [0, 0.1) is 0 Å². The van der Waals surface area contributed by atoms with E-state index in [1.54, 1.807) is 60.8 Å². The third-order valence-electron chi connectivity index (χ3n) is 3.61. The van der Waals surface area contributed by atoms with E-state index in [2.05, 4.69) is 15.6 Å². The fourth-order valence-corrected chi connectivity index (χ4v) is 2.43. The van der Waals surface area contributed by atoms with Crippen molar-refractivity contribution in [1.82, 2.24) is 4.98 Å². The third kappa shape index (κ3) is 5.52. The number of benzene rings is 2. The molecule has 2 aromatic carbocycles. The number of pyridine rings is 1. The molecule has 0 unspecified atom stereocenters. The minimum atomic E-state index is -0.277. The minimum absolute atomic E-state index is 0.269. The molecule has 1 aromatic heterocycles. The van der Waals surface area contributed by atoms with E-state index in [0.29, 0.717) is 22.0 Å². The summed E-state index contributed by atoms with van der Waals surface area (Å²) in [5.74, 6) is -0.546. The molecule has 0 atom stereocenters. The van der Waals surface area contributed by atoms with Crippen LogP contribution < -0.4 is 10.6 Å². The Bertz CT molecular complexity index is 970. The lowest BCUT2D eigenvalue weighted by molar-refractivity contribution is -0.111. The number of carbonyl (C=O) groups excluding carboxylic acids is 2. The van der Waals surface area contributed by atoms with E-state index in [-0.39, 0.29) is 11.8 Å². The molecule has 3 aromatic rings. The number of aromatic nitrogens is 1. The van der Waals surface area contributed by atoms with Crippen LogP contribution in [0.5, 0.6) is 0 Å². The number of nitrogens with one attached hydrogen (secondary N) is 2. The molecule has 0 fully saturated rings. The molecule has 1 heterocycles. The molecule has 0 radical (unpaired) electrons. The van der Waals surface area contributed by atoms with Crippen LogP contribution in [0.4, 0.5) is 11.4 Å². The Kier molecular flexibility index (Phi) is 5.97. The van der Waals surface area contributed by atoms with Gasteiger partial charge in [-0.1, -0.05) is 29.8 Å². The summed E-state index contributed by atoms with van der Waals surface area (Å²) in [5.41, 5.74) is 2.47. The van der Waals surface area contributed by atoms with Crippen molar-refractivity contribution in [2.75, 3.05) is 10.6 Å². The summed E-state index contributed by atoms with van der Waals surface area (Å²) in [4.78, 5) is 28.2. The second kappa shape index (κ2) is 8.78. The van der Waals surface area contributed by atoms with Crippen molar-refractivity contribution >= 4 is 40.9 Å². The van der Waals surface area contributed by atoms with Crippen LogP contribution in [-0.4, -0.2) is 16.8 Å². The number of rotatable bonds is 5. The number of hydrogen-bond donors (Lipinski definition) is 2. The highest BCUT2D eigenvalue weighted by atomic mass is 35.5. The van der Waals surface area contributed by atoms with Gasteiger partial charge in [0.25, 0.3) is 5.91 Å². The standard InChI is InChI=1S/C21H16ClN3O2/c22-17-9-6-15(7-10-17)8-11-20(26)24-18-4-1-5-19(13-18)25-21(27)16-3-2-12-23-14-16/h1-14H,(H,24,26)(H,25,27)/b11-8+. The molecule has 0 bridgehead atoms. The number of halogens is 1. The number of amides is 2. The molecule has 27 heavy (non-hydrogen) atoms. The van der Waals surface area contributed by atoms with Crippen LogP contribution in [0.3, 0.4) is 0 Å². The normalized spacial score (nSPS) is 10.6. The second-order valence-electron chi connectivity index (χ2n) is 5.65. The molecule has 0 aliphatic heterocycles. The van der Waals surface area contributed by atoms with Crippen molar-refractivity contribution in [3.05, 3.63) is 95.3 Å². The fraction of sp³-hybridized carbons (Fsp3) is 0. The number of hydrogen-bond acceptors (Lipinski definition) is 3. The van der Waals surface area contributed by atoms with Gasteiger partial charge in [-0.15, -0.1) is 0 Å². The van der Waals surface area contributed by atoms with E-state index < -0.39 is 0 Å². The van der Waals surface area contributed by atoms with Crippen LogP contribution in [0.15, 0.2) is 79.1 Å². The van der Waals surface area contributed by atoms with E-state index in [9.17, 15) is 9.59 Å². The van der Waals surface area contributed by atoms with Crippen molar-refractivity contribution in [3.8, 4) is 0 Å². The zero-order chi connectivity index (χ0) is 19.1. The lowest BCUT2D eigenvalue weighted by Crippen LogP contribution is -2.13. The highest BCUT2D eigenvalue weighted by Crippen LogP contribution is 2.16. The van der Waals surface area contributed by atoms with Gasteiger partial charge in [-0.05, 0) is 54.1 Å². The molecular formula is C21H16ClN3O2. The smallest absolute Gasteiger partial charge is 0.257 e. The average molecular weight is 378 g/mol. The van der Waals surface area contributed by atoms with Gasteiger partial charge in [0.15, 0.2) is 0 Å². The van der Waals surface area contributed by atoms with Crippen LogP contribution in [0.25, 0.3) is 6.08 Å². The molecule has 0 saturated carbocycles. The minimum Gasteiger partial charge on any atom is -0.322 e. The van der Waals surface area contributed by atoms with Crippen molar-refractivity contribution in [3.63, 3.8) is 0 Å². The predicted molar refractivity (Wildman–Crippen MR) is 108 cm³/mol. The molecule has 0 saturated heterocycles. The lowest BCUT2D eigenvalue weighted by atomic mass is 10.2. The summed E-state index contributed by atoms with van der Waals surface area (Å²) in [5, 5.41) is 6.18. The number of anilines is 2. The molecular weight excluding hydrogens is 362 g/mol. The van der Waals surface area contributed by atoms with Crippen LogP contribution in [0.1, 0.15) is 15.9 Å². The van der Waals surface area contributed by atoms with Crippen molar-refractivity contribution in [1.29, 1.82) is 0 Å². The molecule has 5 nitrogen and oxygen atoms in total. The SMILES string of the molecule is O=C(/C=C/c1ccc(Cl)cc1)Nc1cccc(NC(=O)c2cccnc2)c1. The topological polar surface area (TPSA) is 71.1 Å². The zero-order valence-corrected chi connectivity index (χ0v) is 15.0. The van der Waals surface area contributed by atoms with Gasteiger partial charge in [0, 0.05) is 34.9 Å². The summed E-state index contributed by atoms with van der Waals surface area (Å²) in [6.45, 7) is 0. The van der Waals surface area contributed by atoms with Crippen molar-refractivity contribution < 1.29 is 9.59 Å². The third-order valence-corrected chi connectivity index (χ3v) is 3.86. The first-order valence-electron chi connectivity index (χ1n) is 8.16. The molecule has 134 valence electrons. The Balaban J connectivity index is 1.62. The highest BCUT2D eigenvalue weighted by Gasteiger charge is 2.06. The summed E-state index contributed by atoms with van der Waals surface area (Å²) >= 11 is 5.83.